The summed E-state index contributed by atoms with van der Waals surface area (Å²) < 4.78 is 11.0. The van der Waals surface area contributed by atoms with E-state index in [4.69, 9.17) is 9.47 Å². The summed E-state index contributed by atoms with van der Waals surface area (Å²) in [6.07, 6.45) is 2.48. The van der Waals surface area contributed by atoms with Gasteiger partial charge in [-0.15, -0.1) is 0 Å². The van der Waals surface area contributed by atoms with E-state index in [2.05, 4.69) is 21.1 Å². The molecule has 0 unspecified atom stereocenters. The van der Waals surface area contributed by atoms with Crippen LogP contribution in [0.4, 0.5) is 0 Å². The third-order valence-electron chi connectivity index (χ3n) is 4.00. The van der Waals surface area contributed by atoms with Crippen LogP contribution in [0.25, 0.3) is 0 Å². The van der Waals surface area contributed by atoms with Gasteiger partial charge in [-0.05, 0) is 62.1 Å². The lowest BCUT2D eigenvalue weighted by molar-refractivity contribution is -0.123. The standard InChI is InChI=1S/C22H26N4O4/c1-15-5-7-17(3)19(11-15)29-13-21(27)25-23-9-10-24-26-22(28)14-30-20-12-16(2)6-8-18(20)4/h5-12H,13-14H2,1-4H3,(H,25,27)(H,26,28). The van der Waals surface area contributed by atoms with E-state index in [1.54, 1.807) is 0 Å². The minimum Gasteiger partial charge on any atom is -0.483 e. The molecule has 2 amide bonds. The van der Waals surface area contributed by atoms with Gasteiger partial charge in [-0.1, -0.05) is 24.3 Å². The van der Waals surface area contributed by atoms with E-state index >= 15 is 0 Å². The van der Waals surface area contributed by atoms with Gasteiger partial charge in [0, 0.05) is 0 Å². The van der Waals surface area contributed by atoms with Gasteiger partial charge in [0.05, 0.1) is 12.4 Å². The van der Waals surface area contributed by atoms with Crippen LogP contribution in [-0.2, 0) is 9.59 Å². The fourth-order valence-corrected chi connectivity index (χ4v) is 2.36. The summed E-state index contributed by atoms with van der Waals surface area (Å²) >= 11 is 0. The van der Waals surface area contributed by atoms with Crippen molar-refractivity contribution in [2.24, 2.45) is 10.2 Å². The quantitative estimate of drug-likeness (QED) is 0.490. The predicted octanol–water partition coefficient (Wildman–Crippen LogP) is 2.58. The number of carbonyl (C=O) groups is 2. The van der Waals surface area contributed by atoms with Crippen molar-refractivity contribution in [3.8, 4) is 11.5 Å². The van der Waals surface area contributed by atoms with E-state index < -0.39 is 11.8 Å². The maximum absolute atomic E-state index is 11.7. The Morgan fingerprint density at radius 3 is 1.57 bits per heavy atom. The van der Waals surface area contributed by atoms with Crippen LogP contribution < -0.4 is 20.3 Å². The Morgan fingerprint density at radius 2 is 1.17 bits per heavy atom. The summed E-state index contributed by atoms with van der Waals surface area (Å²) in [6.45, 7) is 7.39. The first kappa shape index (κ1) is 22.6. The van der Waals surface area contributed by atoms with Gasteiger partial charge >= 0.3 is 0 Å². The van der Waals surface area contributed by atoms with Gasteiger partial charge in [0.25, 0.3) is 11.8 Å². The third kappa shape index (κ3) is 7.75. The summed E-state index contributed by atoms with van der Waals surface area (Å²) in [4.78, 5) is 23.5. The lowest BCUT2D eigenvalue weighted by Gasteiger charge is -2.08. The first-order valence-corrected chi connectivity index (χ1v) is 9.37. The molecule has 0 saturated carbocycles. The number of hydrogen-bond donors (Lipinski definition) is 2. The summed E-state index contributed by atoms with van der Waals surface area (Å²) in [5.41, 5.74) is 8.61. The zero-order valence-corrected chi connectivity index (χ0v) is 17.6. The average Bonchev–Trinajstić information content (AvgIpc) is 2.71. The number of nitrogens with one attached hydrogen (secondary N) is 2. The van der Waals surface area contributed by atoms with Gasteiger partial charge in [-0.3, -0.25) is 9.59 Å². The van der Waals surface area contributed by atoms with Gasteiger partial charge in [0.15, 0.2) is 13.2 Å². The van der Waals surface area contributed by atoms with Gasteiger partial charge in [0.2, 0.25) is 0 Å². The Morgan fingerprint density at radius 1 is 0.767 bits per heavy atom. The van der Waals surface area contributed by atoms with Crippen LogP contribution >= 0.6 is 0 Å². The molecule has 0 aromatic heterocycles. The van der Waals surface area contributed by atoms with E-state index in [1.165, 1.54) is 12.4 Å². The SMILES string of the molecule is Cc1ccc(C)c(OCC(=O)NN=CC=NNC(=O)COc2cc(C)ccc2C)c1. The van der Waals surface area contributed by atoms with Gasteiger partial charge in [-0.2, -0.15) is 10.2 Å². The van der Waals surface area contributed by atoms with Gasteiger partial charge < -0.3 is 9.47 Å². The Kier molecular flexibility index (Phi) is 8.56. The Bertz CT molecular complexity index is 877. The van der Waals surface area contributed by atoms with Crippen molar-refractivity contribution in [2.45, 2.75) is 27.7 Å². The van der Waals surface area contributed by atoms with Crippen molar-refractivity contribution < 1.29 is 19.1 Å². The highest BCUT2D eigenvalue weighted by molar-refractivity contribution is 6.16. The Hall–Kier alpha value is -3.68. The number of rotatable bonds is 9. The van der Waals surface area contributed by atoms with Crippen molar-refractivity contribution in [3.05, 3.63) is 58.7 Å². The van der Waals surface area contributed by atoms with E-state index in [1.807, 2.05) is 64.1 Å². The minimum absolute atomic E-state index is 0.161. The lowest BCUT2D eigenvalue weighted by Crippen LogP contribution is -2.25. The first-order valence-electron chi connectivity index (χ1n) is 9.37. The molecule has 0 saturated heterocycles. The smallest absolute Gasteiger partial charge is 0.277 e. The van der Waals surface area contributed by atoms with Crippen molar-refractivity contribution in [2.75, 3.05) is 13.2 Å². The fourth-order valence-electron chi connectivity index (χ4n) is 2.36. The molecule has 0 atom stereocenters. The number of hydrogen-bond acceptors (Lipinski definition) is 6. The summed E-state index contributed by atoms with van der Waals surface area (Å²) in [6, 6.07) is 11.5. The van der Waals surface area contributed by atoms with E-state index in [0.717, 1.165) is 22.3 Å². The minimum atomic E-state index is -0.411. The van der Waals surface area contributed by atoms with E-state index in [0.29, 0.717) is 11.5 Å². The molecule has 8 nitrogen and oxygen atoms in total. The molecule has 158 valence electrons. The van der Waals surface area contributed by atoms with Crippen LogP contribution in [0.3, 0.4) is 0 Å². The molecule has 2 N–H and O–H groups in total. The molecule has 0 fully saturated rings. The topological polar surface area (TPSA) is 101 Å². The number of amides is 2. The zero-order valence-electron chi connectivity index (χ0n) is 17.6. The maximum atomic E-state index is 11.7. The molecule has 8 heteroatoms. The third-order valence-corrected chi connectivity index (χ3v) is 4.00. The van der Waals surface area contributed by atoms with Crippen molar-refractivity contribution in [1.29, 1.82) is 0 Å². The number of carbonyl (C=O) groups excluding carboxylic acids is 2. The van der Waals surface area contributed by atoms with Crippen molar-refractivity contribution in [1.82, 2.24) is 10.9 Å². The second-order valence-electron chi connectivity index (χ2n) is 6.74. The predicted molar refractivity (Wildman–Crippen MR) is 116 cm³/mol. The molecule has 0 heterocycles. The van der Waals surface area contributed by atoms with Crippen LogP contribution in [0.2, 0.25) is 0 Å². The number of benzene rings is 2. The number of ether oxygens (including phenoxy) is 2. The Labute approximate surface area is 176 Å². The molecule has 2 aromatic rings. The van der Waals surface area contributed by atoms with E-state index in [-0.39, 0.29) is 13.2 Å². The molecule has 2 aromatic carbocycles. The largest absolute Gasteiger partial charge is 0.483 e. The number of hydrazone groups is 2. The molecular formula is C22H26N4O4. The molecule has 0 aliphatic carbocycles. The molecule has 0 bridgehead atoms. The fraction of sp³-hybridized carbons (Fsp3) is 0.273. The number of nitrogens with zero attached hydrogens (tertiary/aromatic N) is 2. The van der Waals surface area contributed by atoms with Crippen LogP contribution in [0.5, 0.6) is 11.5 Å². The lowest BCUT2D eigenvalue weighted by atomic mass is 10.1. The molecule has 0 aliphatic heterocycles. The molecule has 0 aliphatic rings. The highest BCUT2D eigenvalue weighted by atomic mass is 16.5. The van der Waals surface area contributed by atoms with Crippen LogP contribution in [0, 0.1) is 27.7 Å². The average molecular weight is 410 g/mol. The first-order chi connectivity index (χ1) is 14.3. The van der Waals surface area contributed by atoms with Crippen molar-refractivity contribution >= 4 is 24.2 Å². The highest BCUT2D eigenvalue weighted by Gasteiger charge is 2.05. The highest BCUT2D eigenvalue weighted by Crippen LogP contribution is 2.19. The summed E-state index contributed by atoms with van der Waals surface area (Å²) in [5.74, 6) is 0.487. The second kappa shape index (κ2) is 11.4. The Balaban J connectivity index is 1.66. The van der Waals surface area contributed by atoms with Crippen molar-refractivity contribution in [3.63, 3.8) is 0 Å². The maximum Gasteiger partial charge on any atom is 0.277 e. The monoisotopic (exact) mass is 410 g/mol. The summed E-state index contributed by atoms with van der Waals surface area (Å²) in [7, 11) is 0. The molecule has 2 rings (SSSR count). The number of aryl methyl sites for hydroxylation is 4. The van der Waals surface area contributed by atoms with E-state index in [9.17, 15) is 9.59 Å². The van der Waals surface area contributed by atoms with Gasteiger partial charge in [-0.25, -0.2) is 10.9 Å². The molecule has 30 heavy (non-hydrogen) atoms. The second-order valence-corrected chi connectivity index (χ2v) is 6.74. The molecule has 0 spiro atoms. The van der Waals surface area contributed by atoms with Gasteiger partial charge in [0.1, 0.15) is 11.5 Å². The van der Waals surface area contributed by atoms with Crippen LogP contribution in [-0.4, -0.2) is 37.5 Å². The summed E-state index contributed by atoms with van der Waals surface area (Å²) in [5, 5.41) is 7.40. The van der Waals surface area contributed by atoms with Crippen LogP contribution in [0.15, 0.2) is 46.6 Å². The zero-order chi connectivity index (χ0) is 21.9. The molecule has 0 radical (unpaired) electrons. The molecular weight excluding hydrogens is 384 g/mol. The normalized spacial score (nSPS) is 10.9. The van der Waals surface area contributed by atoms with Crippen LogP contribution in [0.1, 0.15) is 22.3 Å².